The molecule has 3 saturated heterocycles. The van der Waals surface area contributed by atoms with Gasteiger partial charge in [-0.1, -0.05) is 13.8 Å². The van der Waals surface area contributed by atoms with Crippen molar-refractivity contribution in [2.75, 3.05) is 66.6 Å². The van der Waals surface area contributed by atoms with Crippen LogP contribution in [-0.4, -0.2) is 78.1 Å². The molecule has 0 aromatic heterocycles. The molecule has 3 aliphatic heterocycles. The van der Waals surface area contributed by atoms with Crippen molar-refractivity contribution in [2.24, 2.45) is 11.3 Å². The van der Waals surface area contributed by atoms with E-state index < -0.39 is 5.97 Å². The monoisotopic (exact) mass is 390 g/mol. The fraction of sp³-hybridized carbons (Fsp3) is 1.00. The van der Waals surface area contributed by atoms with Crippen molar-refractivity contribution in [3.8, 4) is 0 Å². The molecular formula is C20H38O7. The summed E-state index contributed by atoms with van der Waals surface area (Å²) in [6.45, 7) is 14.0. The number of fused-ring (bicyclic) bond motifs is 3. The van der Waals surface area contributed by atoms with Gasteiger partial charge in [-0.3, -0.25) is 0 Å². The lowest BCUT2D eigenvalue weighted by molar-refractivity contribution is -0.483. The number of hydrogen-bond acceptors (Lipinski definition) is 7. The molecule has 7 heteroatoms. The molecule has 3 heterocycles. The molecule has 7 nitrogen and oxygen atoms in total. The lowest BCUT2D eigenvalue weighted by Crippen LogP contribution is -2.61. The van der Waals surface area contributed by atoms with Gasteiger partial charge in [-0.25, -0.2) is 0 Å². The molecule has 0 aliphatic carbocycles. The van der Waals surface area contributed by atoms with Gasteiger partial charge in [0.15, 0.2) is 0 Å². The normalized spacial score (nSPS) is 29.2. The molecule has 0 saturated carbocycles. The summed E-state index contributed by atoms with van der Waals surface area (Å²) >= 11 is 0. The van der Waals surface area contributed by atoms with Gasteiger partial charge in [0.05, 0.1) is 65.1 Å². The van der Waals surface area contributed by atoms with E-state index in [0.29, 0.717) is 59.5 Å². The lowest BCUT2D eigenvalue weighted by Gasteiger charge is -2.52. The molecule has 0 aromatic rings. The van der Waals surface area contributed by atoms with Crippen molar-refractivity contribution >= 4 is 0 Å². The maximum absolute atomic E-state index is 6.00. The van der Waals surface area contributed by atoms with Gasteiger partial charge in [0, 0.05) is 18.4 Å². The van der Waals surface area contributed by atoms with Crippen molar-refractivity contribution in [3.05, 3.63) is 0 Å². The Labute approximate surface area is 163 Å². The highest BCUT2D eigenvalue weighted by molar-refractivity contribution is 4.87. The van der Waals surface area contributed by atoms with Gasteiger partial charge in [-0.2, -0.15) is 0 Å². The third-order valence-corrected chi connectivity index (χ3v) is 5.17. The summed E-state index contributed by atoms with van der Waals surface area (Å²) in [5.74, 6) is -0.731. The summed E-state index contributed by atoms with van der Waals surface area (Å²) in [5, 5.41) is 0. The van der Waals surface area contributed by atoms with Crippen LogP contribution in [0.5, 0.6) is 0 Å². The molecule has 3 fully saturated rings. The van der Waals surface area contributed by atoms with E-state index in [9.17, 15) is 0 Å². The van der Waals surface area contributed by atoms with Crippen molar-refractivity contribution < 1.29 is 33.2 Å². The molecule has 0 N–H and O–H groups in total. The first-order valence-corrected chi connectivity index (χ1v) is 10.0. The maximum Gasteiger partial charge on any atom is 0.285 e. The second kappa shape index (κ2) is 10.5. The predicted molar refractivity (Wildman–Crippen MR) is 101 cm³/mol. The van der Waals surface area contributed by atoms with E-state index in [1.165, 1.54) is 0 Å². The van der Waals surface area contributed by atoms with Gasteiger partial charge in [0.2, 0.25) is 0 Å². The lowest BCUT2D eigenvalue weighted by atomic mass is 9.88. The van der Waals surface area contributed by atoms with Crippen molar-refractivity contribution in [1.82, 2.24) is 0 Å². The van der Waals surface area contributed by atoms with Crippen LogP contribution in [-0.2, 0) is 33.2 Å². The van der Waals surface area contributed by atoms with E-state index in [1.807, 2.05) is 0 Å². The highest BCUT2D eigenvalue weighted by Crippen LogP contribution is 2.43. The molecule has 1 unspecified atom stereocenters. The summed E-state index contributed by atoms with van der Waals surface area (Å²) in [7, 11) is 1.66. The van der Waals surface area contributed by atoms with E-state index in [0.717, 1.165) is 12.8 Å². The average Bonchev–Trinajstić information content (AvgIpc) is 2.66. The van der Waals surface area contributed by atoms with E-state index in [2.05, 4.69) is 27.7 Å². The van der Waals surface area contributed by atoms with Crippen molar-refractivity contribution in [1.29, 1.82) is 0 Å². The molecule has 0 amide bonds. The first-order chi connectivity index (χ1) is 12.8. The average molecular weight is 391 g/mol. The SMILES string of the molecule is COCCOCCOCCOC(C)(C)CCC(C)C12OCC(C)(CO1)CO2. The zero-order valence-corrected chi connectivity index (χ0v) is 17.7. The summed E-state index contributed by atoms with van der Waals surface area (Å²) < 4.78 is 39.6. The maximum atomic E-state index is 6.00. The van der Waals surface area contributed by atoms with E-state index in [1.54, 1.807) is 7.11 Å². The molecule has 27 heavy (non-hydrogen) atoms. The van der Waals surface area contributed by atoms with Crippen LogP contribution >= 0.6 is 0 Å². The van der Waals surface area contributed by atoms with Crippen LogP contribution in [0.25, 0.3) is 0 Å². The Kier molecular flexibility index (Phi) is 8.93. The molecule has 160 valence electrons. The number of hydrogen-bond donors (Lipinski definition) is 0. The van der Waals surface area contributed by atoms with E-state index in [-0.39, 0.29) is 16.9 Å². The second-order valence-corrected chi connectivity index (χ2v) is 8.55. The molecular weight excluding hydrogens is 352 g/mol. The van der Waals surface area contributed by atoms with Crippen LogP contribution in [0.4, 0.5) is 0 Å². The quantitative estimate of drug-likeness (QED) is 0.423. The van der Waals surface area contributed by atoms with Crippen LogP contribution in [0, 0.1) is 11.3 Å². The Morgan fingerprint density at radius 1 is 0.889 bits per heavy atom. The smallest absolute Gasteiger partial charge is 0.285 e. The highest BCUT2D eigenvalue weighted by atomic mass is 16.9. The first kappa shape index (κ1) is 23.0. The molecule has 1 atom stereocenters. The minimum atomic E-state index is -0.875. The van der Waals surface area contributed by atoms with Crippen LogP contribution < -0.4 is 0 Å². The molecule has 0 aromatic carbocycles. The zero-order chi connectivity index (χ0) is 19.8. The third-order valence-electron chi connectivity index (χ3n) is 5.17. The van der Waals surface area contributed by atoms with Crippen LogP contribution in [0.3, 0.4) is 0 Å². The summed E-state index contributed by atoms with van der Waals surface area (Å²) in [6, 6.07) is 0. The number of rotatable bonds is 14. The Bertz CT molecular complexity index is 402. The van der Waals surface area contributed by atoms with Crippen LogP contribution in [0.15, 0.2) is 0 Å². The highest BCUT2D eigenvalue weighted by Gasteiger charge is 2.53. The second-order valence-electron chi connectivity index (χ2n) is 8.55. The molecule has 0 radical (unpaired) electrons. The van der Waals surface area contributed by atoms with Gasteiger partial charge in [0.1, 0.15) is 0 Å². The van der Waals surface area contributed by atoms with Crippen LogP contribution in [0.2, 0.25) is 0 Å². The standard InChI is InChI=1S/C20H38O7/c1-17(20-25-14-19(4,15-26-20)16-27-20)6-7-18(2,3)24-13-12-23-11-10-22-9-8-21-5/h17H,6-16H2,1-5H3. The first-order valence-electron chi connectivity index (χ1n) is 10.0. The molecule has 2 bridgehead atoms. The van der Waals surface area contributed by atoms with Gasteiger partial charge in [-0.05, 0) is 26.7 Å². The molecule has 3 aliphatic rings. The van der Waals surface area contributed by atoms with Gasteiger partial charge in [0.25, 0.3) is 5.97 Å². The van der Waals surface area contributed by atoms with E-state index in [4.69, 9.17) is 33.2 Å². The largest absolute Gasteiger partial charge is 0.382 e. The fourth-order valence-electron chi connectivity index (χ4n) is 3.16. The van der Waals surface area contributed by atoms with E-state index >= 15 is 0 Å². The number of ether oxygens (including phenoxy) is 7. The molecule has 3 rings (SSSR count). The summed E-state index contributed by atoms with van der Waals surface area (Å²) in [5.41, 5.74) is -0.236. The van der Waals surface area contributed by atoms with Gasteiger partial charge >= 0.3 is 0 Å². The van der Waals surface area contributed by atoms with Gasteiger partial charge in [-0.15, -0.1) is 0 Å². The Balaban J connectivity index is 1.56. The number of methoxy groups -OCH3 is 1. The fourth-order valence-corrected chi connectivity index (χ4v) is 3.16. The third kappa shape index (κ3) is 7.24. The predicted octanol–water partition coefficient (Wildman–Crippen LogP) is 2.61. The minimum Gasteiger partial charge on any atom is -0.382 e. The molecule has 0 spiro atoms. The summed E-state index contributed by atoms with van der Waals surface area (Å²) in [4.78, 5) is 0. The zero-order valence-electron chi connectivity index (χ0n) is 17.7. The minimum absolute atomic E-state index is 0.00132. The van der Waals surface area contributed by atoms with Gasteiger partial charge < -0.3 is 33.2 Å². The Hall–Kier alpha value is -0.280. The van der Waals surface area contributed by atoms with Crippen molar-refractivity contribution in [3.63, 3.8) is 0 Å². The Morgan fingerprint density at radius 2 is 1.41 bits per heavy atom. The van der Waals surface area contributed by atoms with Crippen LogP contribution in [0.1, 0.15) is 40.5 Å². The topological polar surface area (TPSA) is 64.6 Å². The van der Waals surface area contributed by atoms with Crippen molar-refractivity contribution in [2.45, 2.75) is 52.1 Å². The summed E-state index contributed by atoms with van der Waals surface area (Å²) in [6.07, 6.45) is 1.79. The Morgan fingerprint density at radius 3 is 1.96 bits per heavy atom.